The molecule has 1 N–H and O–H groups in total. The summed E-state index contributed by atoms with van der Waals surface area (Å²) in [5.41, 5.74) is 6.18. The molecule has 4 heteroatoms. The normalized spacial score (nSPS) is 10.9. The maximum absolute atomic E-state index is 10.8. The predicted octanol–water partition coefficient (Wildman–Crippen LogP) is 7.11. The third-order valence-electron chi connectivity index (χ3n) is 6.53. The Morgan fingerprint density at radius 3 is 2.00 bits per heavy atom. The van der Waals surface area contributed by atoms with E-state index in [0.29, 0.717) is 6.42 Å². The number of carbonyl (C=O) groups is 1. The first kappa shape index (κ1) is 24.3. The van der Waals surface area contributed by atoms with Gasteiger partial charge in [-0.1, -0.05) is 54.6 Å². The summed E-state index contributed by atoms with van der Waals surface area (Å²) in [5, 5.41) is 11.3. The molecule has 0 aliphatic carbocycles. The lowest BCUT2D eigenvalue weighted by Gasteiger charge is -2.15. The Hall–Kier alpha value is -3.79. The molecule has 180 valence electrons. The van der Waals surface area contributed by atoms with Crippen molar-refractivity contribution >= 4 is 16.7 Å². The lowest BCUT2D eigenvalue weighted by molar-refractivity contribution is -0.136. The van der Waals surface area contributed by atoms with Crippen molar-refractivity contribution in [3.05, 3.63) is 95.6 Å². The molecular formula is C31H32O4. The molecule has 0 amide bonds. The highest BCUT2D eigenvalue weighted by Gasteiger charge is 2.11. The average molecular weight is 469 g/mol. The zero-order chi connectivity index (χ0) is 24.6. The van der Waals surface area contributed by atoms with E-state index < -0.39 is 5.97 Å². The lowest BCUT2D eigenvalue weighted by atomic mass is 9.90. The van der Waals surface area contributed by atoms with Gasteiger partial charge < -0.3 is 14.6 Å². The Morgan fingerprint density at radius 1 is 0.714 bits per heavy atom. The van der Waals surface area contributed by atoms with Crippen LogP contribution < -0.4 is 9.47 Å². The first-order valence-electron chi connectivity index (χ1n) is 12.1. The monoisotopic (exact) mass is 468 g/mol. The van der Waals surface area contributed by atoms with Gasteiger partial charge in [-0.3, -0.25) is 4.79 Å². The van der Waals surface area contributed by atoms with E-state index in [4.69, 9.17) is 14.6 Å². The van der Waals surface area contributed by atoms with E-state index in [1.165, 1.54) is 33.0 Å². The Labute approximate surface area is 207 Å². The summed E-state index contributed by atoms with van der Waals surface area (Å²) in [6.07, 6.45) is 4.91. The van der Waals surface area contributed by atoms with Crippen molar-refractivity contribution < 1.29 is 19.4 Å². The number of fused-ring (bicyclic) bond motifs is 1. The van der Waals surface area contributed by atoms with E-state index in [9.17, 15) is 4.79 Å². The van der Waals surface area contributed by atoms with Gasteiger partial charge in [0, 0.05) is 6.42 Å². The number of rotatable bonds is 11. The highest BCUT2D eigenvalue weighted by molar-refractivity contribution is 5.92. The van der Waals surface area contributed by atoms with Crippen LogP contribution in [0.3, 0.4) is 0 Å². The molecule has 0 saturated carbocycles. The highest BCUT2D eigenvalue weighted by Crippen LogP contribution is 2.34. The number of aliphatic carboxylic acids is 1. The first-order valence-corrected chi connectivity index (χ1v) is 12.1. The summed E-state index contributed by atoms with van der Waals surface area (Å²) in [7, 11) is 3.39. The molecule has 4 rings (SSSR count). The van der Waals surface area contributed by atoms with E-state index >= 15 is 0 Å². The fourth-order valence-corrected chi connectivity index (χ4v) is 4.56. The van der Waals surface area contributed by atoms with Crippen molar-refractivity contribution in [1.82, 2.24) is 0 Å². The summed E-state index contributed by atoms with van der Waals surface area (Å²) in [6, 6.07) is 27.3. The molecule has 35 heavy (non-hydrogen) atoms. The van der Waals surface area contributed by atoms with E-state index in [1.54, 1.807) is 14.2 Å². The number of aryl methyl sites for hydroxylation is 3. The van der Waals surface area contributed by atoms with Crippen molar-refractivity contribution in [2.75, 3.05) is 14.2 Å². The second-order valence-corrected chi connectivity index (χ2v) is 8.82. The molecule has 0 heterocycles. The van der Waals surface area contributed by atoms with Crippen molar-refractivity contribution in [2.24, 2.45) is 0 Å². The van der Waals surface area contributed by atoms with Gasteiger partial charge in [0.2, 0.25) is 0 Å². The van der Waals surface area contributed by atoms with Gasteiger partial charge in [0.15, 0.2) is 0 Å². The summed E-state index contributed by atoms with van der Waals surface area (Å²) in [4.78, 5) is 10.8. The minimum atomic E-state index is -0.755. The summed E-state index contributed by atoms with van der Waals surface area (Å²) in [6.45, 7) is 0. The second kappa shape index (κ2) is 11.6. The van der Waals surface area contributed by atoms with E-state index in [-0.39, 0.29) is 6.42 Å². The van der Waals surface area contributed by atoms with Gasteiger partial charge in [-0.25, -0.2) is 0 Å². The third-order valence-corrected chi connectivity index (χ3v) is 6.53. The lowest BCUT2D eigenvalue weighted by Crippen LogP contribution is -1.98. The number of ether oxygens (including phenoxy) is 2. The molecule has 0 aromatic heterocycles. The largest absolute Gasteiger partial charge is 0.497 e. The molecule has 0 spiro atoms. The van der Waals surface area contributed by atoms with Gasteiger partial charge >= 0.3 is 5.97 Å². The topological polar surface area (TPSA) is 55.8 Å². The Balaban J connectivity index is 1.50. The molecule has 0 aliphatic rings. The Morgan fingerprint density at radius 2 is 1.34 bits per heavy atom. The molecule has 0 atom stereocenters. The minimum Gasteiger partial charge on any atom is -0.497 e. The molecule has 0 radical (unpaired) electrons. The van der Waals surface area contributed by atoms with Gasteiger partial charge in [-0.2, -0.15) is 0 Å². The fraction of sp³-hybridized carbons (Fsp3) is 0.258. The molecule has 4 aromatic carbocycles. The van der Waals surface area contributed by atoms with Gasteiger partial charge in [-0.15, -0.1) is 0 Å². The SMILES string of the molecule is COc1ccc(-c2ccc3cc(OC)ccc3c2CCCCc2ccc(CCC(=O)O)cc2)cc1. The smallest absolute Gasteiger partial charge is 0.303 e. The van der Waals surface area contributed by atoms with Crippen LogP contribution in [0.4, 0.5) is 0 Å². The number of carboxylic acids is 1. The quantitative estimate of drug-likeness (QED) is 0.238. The second-order valence-electron chi connectivity index (χ2n) is 8.82. The van der Waals surface area contributed by atoms with E-state index in [1.807, 2.05) is 18.2 Å². The number of hydrogen-bond acceptors (Lipinski definition) is 3. The Bertz CT molecular complexity index is 1270. The minimum absolute atomic E-state index is 0.173. The molecule has 0 saturated heterocycles. The number of methoxy groups -OCH3 is 2. The van der Waals surface area contributed by atoms with Crippen LogP contribution >= 0.6 is 0 Å². The van der Waals surface area contributed by atoms with Crippen LogP contribution in [0.2, 0.25) is 0 Å². The maximum atomic E-state index is 10.8. The molecule has 4 nitrogen and oxygen atoms in total. The van der Waals surface area contributed by atoms with Crippen LogP contribution in [0.1, 0.15) is 36.0 Å². The number of hydrogen-bond donors (Lipinski definition) is 1. The zero-order valence-corrected chi connectivity index (χ0v) is 20.4. The number of carboxylic acid groups (broad SMARTS) is 1. The summed E-state index contributed by atoms with van der Waals surface area (Å²) in [5.74, 6) is 0.970. The molecule has 0 fully saturated rings. The van der Waals surface area contributed by atoms with Crippen LogP contribution in [0.25, 0.3) is 21.9 Å². The van der Waals surface area contributed by atoms with Crippen molar-refractivity contribution in [1.29, 1.82) is 0 Å². The highest BCUT2D eigenvalue weighted by atomic mass is 16.5. The van der Waals surface area contributed by atoms with Crippen LogP contribution in [0.5, 0.6) is 11.5 Å². The van der Waals surface area contributed by atoms with Crippen LogP contribution in [-0.2, 0) is 24.1 Å². The summed E-state index contributed by atoms with van der Waals surface area (Å²) >= 11 is 0. The van der Waals surface area contributed by atoms with Gasteiger partial charge in [0.25, 0.3) is 0 Å². The number of benzene rings is 4. The van der Waals surface area contributed by atoms with Gasteiger partial charge in [0.1, 0.15) is 11.5 Å². The maximum Gasteiger partial charge on any atom is 0.303 e. The van der Waals surface area contributed by atoms with E-state index in [2.05, 4.69) is 60.7 Å². The third kappa shape index (κ3) is 6.21. The van der Waals surface area contributed by atoms with Gasteiger partial charge in [-0.05, 0) is 95.0 Å². The molecule has 0 bridgehead atoms. The molecule has 0 unspecified atom stereocenters. The van der Waals surface area contributed by atoms with Crippen LogP contribution in [0.15, 0.2) is 78.9 Å². The fourth-order valence-electron chi connectivity index (χ4n) is 4.56. The van der Waals surface area contributed by atoms with Crippen molar-refractivity contribution in [3.8, 4) is 22.6 Å². The molecule has 4 aromatic rings. The van der Waals surface area contributed by atoms with E-state index in [0.717, 1.165) is 42.7 Å². The average Bonchev–Trinajstić information content (AvgIpc) is 2.90. The van der Waals surface area contributed by atoms with Gasteiger partial charge in [0.05, 0.1) is 14.2 Å². The first-order chi connectivity index (χ1) is 17.1. The molecular weight excluding hydrogens is 436 g/mol. The molecule has 0 aliphatic heterocycles. The zero-order valence-electron chi connectivity index (χ0n) is 20.4. The standard InChI is InChI=1S/C31H32O4/c1-34-26-15-12-24(13-16-26)28-18-14-25-21-27(35-2)17-19-29(25)30(28)6-4-3-5-22-7-9-23(10-8-22)11-20-31(32)33/h7-10,12-19,21H,3-6,11,20H2,1-2H3,(H,32,33). The summed E-state index contributed by atoms with van der Waals surface area (Å²) < 4.78 is 10.8. The number of unbranched alkanes of at least 4 members (excludes halogenated alkanes) is 1. The predicted molar refractivity (Wildman–Crippen MR) is 142 cm³/mol. The Kier molecular flexibility index (Phi) is 8.04. The van der Waals surface area contributed by atoms with Crippen LogP contribution in [0, 0.1) is 0 Å². The van der Waals surface area contributed by atoms with Crippen molar-refractivity contribution in [2.45, 2.75) is 38.5 Å². The van der Waals surface area contributed by atoms with Crippen LogP contribution in [-0.4, -0.2) is 25.3 Å². The van der Waals surface area contributed by atoms with Crippen molar-refractivity contribution in [3.63, 3.8) is 0 Å².